The minimum Gasteiger partial charge on any atom is -0.316 e. The molecule has 0 bridgehead atoms. The van der Waals surface area contributed by atoms with E-state index in [1.165, 1.54) is 5.56 Å². The summed E-state index contributed by atoms with van der Waals surface area (Å²) in [4.78, 5) is 11.8. The zero-order valence-corrected chi connectivity index (χ0v) is 14.7. The molecule has 1 saturated heterocycles. The van der Waals surface area contributed by atoms with Crippen LogP contribution in [0, 0.1) is 5.92 Å². The van der Waals surface area contributed by atoms with E-state index in [1.807, 2.05) is 32.0 Å². The van der Waals surface area contributed by atoms with E-state index in [9.17, 15) is 4.79 Å². The molecule has 0 aliphatic carbocycles. The van der Waals surface area contributed by atoms with Gasteiger partial charge in [-0.25, -0.2) is 0 Å². The Hall–Kier alpha value is -0.610. The number of hydrogen-bond acceptors (Lipinski definition) is 3. The maximum Gasteiger partial charge on any atom is 0.149 e. The van der Waals surface area contributed by atoms with Gasteiger partial charge in [0, 0.05) is 24.4 Å². The van der Waals surface area contributed by atoms with Gasteiger partial charge in [0.25, 0.3) is 0 Å². The summed E-state index contributed by atoms with van der Waals surface area (Å²) in [7, 11) is 0. The van der Waals surface area contributed by atoms with Gasteiger partial charge in [-0.15, -0.1) is 0 Å². The van der Waals surface area contributed by atoms with Crippen LogP contribution in [0.3, 0.4) is 0 Å². The summed E-state index contributed by atoms with van der Waals surface area (Å²) < 4.78 is 0. The molecule has 1 aliphatic rings. The van der Waals surface area contributed by atoms with Crippen LogP contribution in [0.15, 0.2) is 18.2 Å². The van der Waals surface area contributed by atoms with Gasteiger partial charge in [-0.1, -0.05) is 43.1 Å². The van der Waals surface area contributed by atoms with Gasteiger partial charge >= 0.3 is 0 Å². The molecule has 0 saturated carbocycles. The molecule has 2 N–H and O–H groups in total. The highest BCUT2D eigenvalue weighted by atomic mass is 35.5. The Balaban J connectivity index is 2.13. The van der Waals surface area contributed by atoms with Crippen molar-refractivity contribution in [3.8, 4) is 0 Å². The molecule has 0 spiro atoms. The number of benzene rings is 1. The van der Waals surface area contributed by atoms with Crippen molar-refractivity contribution < 1.29 is 4.79 Å². The van der Waals surface area contributed by atoms with Crippen LogP contribution in [-0.4, -0.2) is 32.0 Å². The molecule has 0 unspecified atom stereocenters. The Morgan fingerprint density at radius 1 is 1.36 bits per heavy atom. The molecule has 1 heterocycles. The molecule has 1 atom stereocenters. The first-order valence-electron chi connectivity index (χ1n) is 7.84. The topological polar surface area (TPSA) is 41.1 Å². The number of carbonyl (C=O) groups is 1. The maximum absolute atomic E-state index is 11.8. The predicted octanol–water partition coefficient (Wildman–Crippen LogP) is 3.43. The Morgan fingerprint density at radius 2 is 2.14 bits per heavy atom. The minimum atomic E-state index is -0.0380. The Bertz CT molecular complexity index is 525. The van der Waals surface area contributed by atoms with Crippen LogP contribution < -0.4 is 10.6 Å². The molecule has 3 nitrogen and oxygen atoms in total. The second kappa shape index (κ2) is 7.78. The largest absolute Gasteiger partial charge is 0.316 e. The highest BCUT2D eigenvalue weighted by molar-refractivity contribution is 6.42. The fourth-order valence-corrected chi connectivity index (χ4v) is 3.22. The lowest BCUT2D eigenvalue weighted by Gasteiger charge is -2.38. The zero-order valence-electron chi connectivity index (χ0n) is 13.2. The van der Waals surface area contributed by atoms with Gasteiger partial charge in [0.15, 0.2) is 0 Å². The lowest BCUT2D eigenvalue weighted by atomic mass is 9.74. The van der Waals surface area contributed by atoms with Crippen molar-refractivity contribution in [3.05, 3.63) is 33.8 Å². The van der Waals surface area contributed by atoms with E-state index in [1.54, 1.807) is 0 Å². The molecule has 122 valence electrons. The monoisotopic (exact) mass is 342 g/mol. The van der Waals surface area contributed by atoms with E-state index >= 15 is 0 Å². The summed E-state index contributed by atoms with van der Waals surface area (Å²) in [6.45, 7) is 6.96. The van der Waals surface area contributed by atoms with Crippen molar-refractivity contribution in [2.45, 2.75) is 32.1 Å². The van der Waals surface area contributed by atoms with Gasteiger partial charge in [0.1, 0.15) is 5.78 Å². The van der Waals surface area contributed by atoms with Gasteiger partial charge in [-0.2, -0.15) is 0 Å². The van der Waals surface area contributed by atoms with Gasteiger partial charge < -0.3 is 10.6 Å². The summed E-state index contributed by atoms with van der Waals surface area (Å²) in [6.07, 6.45) is 2.18. The predicted molar refractivity (Wildman–Crippen MR) is 93.0 cm³/mol. The van der Waals surface area contributed by atoms with Crippen LogP contribution in [-0.2, 0) is 10.2 Å². The third kappa shape index (κ3) is 4.23. The maximum atomic E-state index is 11.8. The molecule has 0 aromatic heterocycles. The third-order valence-electron chi connectivity index (χ3n) is 4.41. The Labute approximate surface area is 142 Å². The smallest absolute Gasteiger partial charge is 0.149 e. The van der Waals surface area contributed by atoms with Crippen molar-refractivity contribution in [2.24, 2.45) is 5.92 Å². The number of hydrogen-bond donors (Lipinski definition) is 2. The standard InChI is InChI=1S/C17H24Cl2N2O/c1-12(2)16(22)9-21-11-17(6-3-7-20-10-17)13-4-5-14(18)15(19)8-13/h4-5,8,12,20-21H,3,6-7,9-11H2,1-2H3/t17-/m0/s1. The first-order chi connectivity index (χ1) is 10.4. The molecule has 5 heteroatoms. The lowest BCUT2D eigenvalue weighted by molar-refractivity contribution is -0.121. The van der Waals surface area contributed by atoms with E-state index < -0.39 is 0 Å². The van der Waals surface area contributed by atoms with E-state index in [2.05, 4.69) is 10.6 Å². The summed E-state index contributed by atoms with van der Waals surface area (Å²) in [6, 6.07) is 5.87. The molecule has 0 amide bonds. The fraction of sp³-hybridized carbons (Fsp3) is 0.588. The number of carbonyl (C=O) groups excluding carboxylic acids is 1. The molecule has 1 aromatic carbocycles. The minimum absolute atomic E-state index is 0.0380. The highest BCUT2D eigenvalue weighted by Crippen LogP contribution is 2.34. The normalized spacial score (nSPS) is 22.0. The van der Waals surface area contributed by atoms with Gasteiger partial charge in [-0.3, -0.25) is 4.79 Å². The third-order valence-corrected chi connectivity index (χ3v) is 5.15. The van der Waals surface area contributed by atoms with Crippen LogP contribution >= 0.6 is 23.2 Å². The van der Waals surface area contributed by atoms with Crippen molar-refractivity contribution in [2.75, 3.05) is 26.2 Å². The van der Waals surface area contributed by atoms with E-state index in [-0.39, 0.29) is 17.1 Å². The van der Waals surface area contributed by atoms with Crippen LogP contribution in [0.25, 0.3) is 0 Å². The summed E-state index contributed by atoms with van der Waals surface area (Å²) >= 11 is 12.2. The van der Waals surface area contributed by atoms with Gasteiger partial charge in [0.05, 0.1) is 16.6 Å². The van der Waals surface area contributed by atoms with Gasteiger partial charge in [-0.05, 0) is 37.1 Å². The number of nitrogens with one attached hydrogen (secondary N) is 2. The second-order valence-corrected chi connectivity index (χ2v) is 7.23. The quantitative estimate of drug-likeness (QED) is 0.832. The fourth-order valence-electron chi connectivity index (χ4n) is 2.92. The summed E-state index contributed by atoms with van der Waals surface area (Å²) in [5.74, 6) is 0.311. The first kappa shape index (κ1) is 17.7. The molecular formula is C17H24Cl2N2O. The molecule has 2 rings (SSSR count). The molecule has 1 aliphatic heterocycles. The molecule has 1 fully saturated rings. The van der Waals surface area contributed by atoms with Crippen LogP contribution in [0.2, 0.25) is 10.0 Å². The lowest BCUT2D eigenvalue weighted by Crippen LogP contribution is -2.50. The van der Waals surface area contributed by atoms with Crippen molar-refractivity contribution in [3.63, 3.8) is 0 Å². The number of ketones is 1. The Morgan fingerprint density at radius 3 is 2.73 bits per heavy atom. The van der Waals surface area contributed by atoms with E-state index in [4.69, 9.17) is 23.2 Å². The molecule has 0 radical (unpaired) electrons. The highest BCUT2D eigenvalue weighted by Gasteiger charge is 2.34. The second-order valence-electron chi connectivity index (χ2n) is 6.41. The van der Waals surface area contributed by atoms with Crippen molar-refractivity contribution in [1.82, 2.24) is 10.6 Å². The molecular weight excluding hydrogens is 319 g/mol. The number of piperidine rings is 1. The number of halogens is 2. The summed E-state index contributed by atoms with van der Waals surface area (Å²) in [5.41, 5.74) is 1.14. The number of rotatable bonds is 6. The van der Waals surface area contributed by atoms with Gasteiger partial charge in [0.2, 0.25) is 0 Å². The molecule has 1 aromatic rings. The van der Waals surface area contributed by atoms with Crippen LogP contribution in [0.1, 0.15) is 32.3 Å². The SMILES string of the molecule is CC(C)C(=O)CNC[C@]1(c2ccc(Cl)c(Cl)c2)CCCNC1. The van der Waals surface area contributed by atoms with Crippen molar-refractivity contribution >= 4 is 29.0 Å². The van der Waals surface area contributed by atoms with E-state index in [0.29, 0.717) is 16.6 Å². The van der Waals surface area contributed by atoms with Crippen LogP contribution in [0.4, 0.5) is 0 Å². The van der Waals surface area contributed by atoms with Crippen molar-refractivity contribution in [1.29, 1.82) is 0 Å². The zero-order chi connectivity index (χ0) is 16.2. The molecule has 22 heavy (non-hydrogen) atoms. The summed E-state index contributed by atoms with van der Waals surface area (Å²) in [5, 5.41) is 7.97. The van der Waals surface area contributed by atoms with E-state index in [0.717, 1.165) is 32.5 Å². The van der Waals surface area contributed by atoms with Crippen LogP contribution in [0.5, 0.6) is 0 Å². The average Bonchev–Trinajstić information content (AvgIpc) is 2.50. The Kier molecular flexibility index (Phi) is 6.27. The number of Topliss-reactive ketones (excluding diaryl/α,β-unsaturated/α-hetero) is 1. The average molecular weight is 343 g/mol. The first-order valence-corrected chi connectivity index (χ1v) is 8.60.